The van der Waals surface area contributed by atoms with Crippen molar-refractivity contribution < 1.29 is 14.0 Å². The van der Waals surface area contributed by atoms with E-state index in [4.69, 9.17) is 9.42 Å². The molecule has 0 amide bonds. The molecule has 0 aromatic carbocycles. The Morgan fingerprint density at radius 3 is 2.08 bits per heavy atom. The van der Waals surface area contributed by atoms with Gasteiger partial charge < -0.3 is 0 Å². The summed E-state index contributed by atoms with van der Waals surface area (Å²) in [5, 5.41) is 0. The van der Waals surface area contributed by atoms with Crippen molar-refractivity contribution in [1.82, 2.24) is 0 Å². The van der Waals surface area contributed by atoms with Crippen LogP contribution in [0.3, 0.4) is 0 Å². The van der Waals surface area contributed by atoms with Crippen LogP contribution in [0.25, 0.3) is 0 Å². The van der Waals surface area contributed by atoms with Gasteiger partial charge in [-0.3, -0.25) is 0 Å². The molecule has 0 aliphatic carbocycles. The summed E-state index contributed by atoms with van der Waals surface area (Å²) in [7, 11) is -2.46. The number of hydrogen-bond donors (Lipinski definition) is 1. The third kappa shape index (κ3) is 3.61. The fourth-order valence-electron chi connectivity index (χ4n) is 1.40. The van der Waals surface area contributed by atoms with Crippen LogP contribution >= 0.6 is 8.25 Å². The topological polar surface area (TPSA) is 46.5 Å². The summed E-state index contributed by atoms with van der Waals surface area (Å²) in [4.78, 5) is 8.66. The molecule has 1 unspecified atom stereocenters. The SMILES string of the molecule is CCCC(CC)(CC)O[P+](=O)O. The first-order valence-electron chi connectivity index (χ1n) is 4.45. The van der Waals surface area contributed by atoms with E-state index in [0.717, 1.165) is 25.7 Å². The second kappa shape index (κ2) is 5.63. The lowest BCUT2D eigenvalue weighted by Crippen LogP contribution is -2.28. The highest BCUT2D eigenvalue weighted by molar-refractivity contribution is 7.32. The largest absolute Gasteiger partial charge is 0.695 e. The van der Waals surface area contributed by atoms with Crippen LogP contribution in [0.15, 0.2) is 0 Å². The first kappa shape index (κ1) is 12.0. The van der Waals surface area contributed by atoms with Crippen molar-refractivity contribution in [2.45, 2.75) is 52.1 Å². The van der Waals surface area contributed by atoms with E-state index in [-0.39, 0.29) is 5.60 Å². The maximum Gasteiger partial charge on any atom is 0.695 e. The van der Waals surface area contributed by atoms with Crippen LogP contribution in [0, 0.1) is 0 Å². The van der Waals surface area contributed by atoms with Crippen LogP contribution in [0.2, 0.25) is 0 Å². The van der Waals surface area contributed by atoms with Gasteiger partial charge in [-0.05, 0) is 19.3 Å². The molecule has 72 valence electrons. The lowest BCUT2D eigenvalue weighted by atomic mass is 9.92. The molecule has 3 nitrogen and oxygen atoms in total. The van der Waals surface area contributed by atoms with E-state index in [1.807, 2.05) is 20.8 Å². The van der Waals surface area contributed by atoms with Gasteiger partial charge in [0.05, 0.1) is 0 Å². The van der Waals surface area contributed by atoms with Crippen molar-refractivity contribution in [2.75, 3.05) is 0 Å². The second-order valence-electron chi connectivity index (χ2n) is 2.97. The molecular formula is C8H18O3P+. The van der Waals surface area contributed by atoms with Gasteiger partial charge in [0.2, 0.25) is 0 Å². The normalized spacial score (nSPS) is 13.2. The van der Waals surface area contributed by atoms with Crippen molar-refractivity contribution in [1.29, 1.82) is 0 Å². The van der Waals surface area contributed by atoms with E-state index < -0.39 is 8.25 Å². The zero-order valence-corrected chi connectivity index (χ0v) is 8.93. The molecular weight excluding hydrogens is 175 g/mol. The average molecular weight is 193 g/mol. The van der Waals surface area contributed by atoms with Gasteiger partial charge in [0.25, 0.3) is 0 Å². The quantitative estimate of drug-likeness (QED) is 0.659. The molecule has 0 rings (SSSR count). The van der Waals surface area contributed by atoms with E-state index in [1.54, 1.807) is 0 Å². The third-order valence-corrected chi connectivity index (χ3v) is 2.81. The zero-order valence-electron chi connectivity index (χ0n) is 8.04. The van der Waals surface area contributed by atoms with Crippen LogP contribution in [-0.4, -0.2) is 10.5 Å². The summed E-state index contributed by atoms with van der Waals surface area (Å²) in [5.41, 5.74) is -0.378. The monoisotopic (exact) mass is 193 g/mol. The first-order valence-corrected chi connectivity index (χ1v) is 5.58. The van der Waals surface area contributed by atoms with Crippen molar-refractivity contribution in [3.05, 3.63) is 0 Å². The molecule has 0 spiro atoms. The molecule has 0 saturated carbocycles. The van der Waals surface area contributed by atoms with E-state index in [0.29, 0.717) is 0 Å². The molecule has 0 heterocycles. The van der Waals surface area contributed by atoms with Crippen LogP contribution in [0.5, 0.6) is 0 Å². The predicted octanol–water partition coefficient (Wildman–Crippen LogP) is 3.01. The smallest absolute Gasteiger partial charge is 0.133 e. The van der Waals surface area contributed by atoms with Gasteiger partial charge >= 0.3 is 8.25 Å². The van der Waals surface area contributed by atoms with Crippen molar-refractivity contribution >= 4 is 8.25 Å². The first-order chi connectivity index (χ1) is 5.60. The lowest BCUT2D eigenvalue weighted by Gasteiger charge is -2.23. The Bertz CT molecular complexity index is 143. The Balaban J connectivity index is 4.23. The standard InChI is InChI=1S/C8H17O3P/c1-4-7-8(5-2,6-3)11-12(9)10/h4-7H2,1-3H3/p+1. The van der Waals surface area contributed by atoms with Gasteiger partial charge in [0.1, 0.15) is 5.60 Å². The Morgan fingerprint density at radius 1 is 1.33 bits per heavy atom. The Hall–Kier alpha value is 0.0200. The van der Waals surface area contributed by atoms with E-state index in [9.17, 15) is 4.57 Å². The van der Waals surface area contributed by atoms with Gasteiger partial charge in [-0.15, -0.1) is 9.42 Å². The summed E-state index contributed by atoms with van der Waals surface area (Å²) in [6.07, 6.45) is 3.41. The minimum absolute atomic E-state index is 0.378. The molecule has 0 aliphatic heterocycles. The maximum absolute atomic E-state index is 10.5. The minimum Gasteiger partial charge on any atom is -0.133 e. The van der Waals surface area contributed by atoms with E-state index in [2.05, 4.69) is 0 Å². The molecule has 0 aromatic rings. The predicted molar refractivity (Wildman–Crippen MR) is 49.1 cm³/mol. The van der Waals surface area contributed by atoms with Crippen LogP contribution < -0.4 is 0 Å². The van der Waals surface area contributed by atoms with Gasteiger partial charge in [-0.2, -0.15) is 0 Å². The highest BCUT2D eigenvalue weighted by Crippen LogP contribution is 2.34. The summed E-state index contributed by atoms with van der Waals surface area (Å²) in [6.45, 7) is 6.02. The van der Waals surface area contributed by atoms with Crippen molar-refractivity contribution in [3.63, 3.8) is 0 Å². The van der Waals surface area contributed by atoms with Crippen molar-refractivity contribution in [3.8, 4) is 0 Å². The molecule has 0 saturated heterocycles. The highest BCUT2D eigenvalue weighted by Gasteiger charge is 2.36. The fourth-order valence-corrected chi connectivity index (χ4v) is 2.08. The molecule has 0 bridgehead atoms. The third-order valence-electron chi connectivity index (χ3n) is 2.27. The van der Waals surface area contributed by atoms with Gasteiger partial charge in [0.15, 0.2) is 0 Å². The maximum atomic E-state index is 10.5. The summed E-state index contributed by atoms with van der Waals surface area (Å²) >= 11 is 0. The minimum atomic E-state index is -2.46. The Morgan fingerprint density at radius 2 is 1.83 bits per heavy atom. The van der Waals surface area contributed by atoms with Crippen LogP contribution in [0.4, 0.5) is 0 Å². The molecule has 0 radical (unpaired) electrons. The van der Waals surface area contributed by atoms with Crippen LogP contribution in [-0.2, 0) is 9.09 Å². The van der Waals surface area contributed by atoms with Gasteiger partial charge in [-0.25, -0.2) is 0 Å². The Labute approximate surface area is 75.1 Å². The molecule has 4 heteroatoms. The molecule has 1 atom stereocenters. The highest BCUT2D eigenvalue weighted by atomic mass is 31.1. The fraction of sp³-hybridized carbons (Fsp3) is 1.00. The summed E-state index contributed by atoms with van der Waals surface area (Å²) < 4.78 is 15.6. The van der Waals surface area contributed by atoms with E-state index >= 15 is 0 Å². The molecule has 12 heavy (non-hydrogen) atoms. The number of hydrogen-bond acceptors (Lipinski definition) is 2. The van der Waals surface area contributed by atoms with Gasteiger partial charge in [-0.1, -0.05) is 27.2 Å². The molecule has 0 aromatic heterocycles. The molecule has 1 N–H and O–H groups in total. The average Bonchev–Trinajstić information content (AvgIpc) is 2.03. The van der Waals surface area contributed by atoms with Crippen molar-refractivity contribution in [2.24, 2.45) is 0 Å². The second-order valence-corrected chi connectivity index (χ2v) is 3.63. The Kier molecular flexibility index (Phi) is 5.64. The number of rotatable bonds is 6. The van der Waals surface area contributed by atoms with Crippen LogP contribution in [0.1, 0.15) is 46.5 Å². The van der Waals surface area contributed by atoms with Gasteiger partial charge in [0, 0.05) is 4.57 Å². The summed E-state index contributed by atoms with van der Waals surface area (Å²) in [6, 6.07) is 0. The molecule has 0 aliphatic rings. The molecule has 0 fully saturated rings. The lowest BCUT2D eigenvalue weighted by molar-refractivity contribution is 0.0471. The summed E-state index contributed by atoms with van der Waals surface area (Å²) in [5.74, 6) is 0. The zero-order chi connectivity index (χ0) is 9.61. The van der Waals surface area contributed by atoms with E-state index in [1.165, 1.54) is 0 Å².